The van der Waals surface area contributed by atoms with Crippen LogP contribution in [0.4, 0.5) is 11.4 Å². The van der Waals surface area contributed by atoms with Crippen LogP contribution >= 0.6 is 0 Å². The van der Waals surface area contributed by atoms with Crippen LogP contribution in [-0.2, 0) is 11.8 Å². The first kappa shape index (κ1) is 45.6. The molecule has 2 aliphatic rings. The second-order valence-electron chi connectivity index (χ2n) is 21.3. The molecular weight excluding hydrogens is 973 g/mol. The molecule has 374 valence electrons. The molecule has 5 heterocycles. The lowest BCUT2D eigenvalue weighted by Crippen LogP contribution is -2.34. The Morgan fingerprint density at radius 2 is 0.938 bits per heavy atom. The third-order valence-corrected chi connectivity index (χ3v) is 17.1. The molecular formula is C74H48N6. The molecule has 4 aromatic heterocycles. The van der Waals surface area contributed by atoms with Crippen molar-refractivity contribution in [2.75, 3.05) is 5.32 Å². The summed E-state index contributed by atoms with van der Waals surface area (Å²) in [5, 5.41) is 19.2. The van der Waals surface area contributed by atoms with Gasteiger partial charge in [0.1, 0.15) is 0 Å². The Kier molecular flexibility index (Phi) is 10.1. The van der Waals surface area contributed by atoms with E-state index >= 15 is 0 Å². The molecule has 1 spiro atoms. The Bertz CT molecular complexity index is 4820. The van der Waals surface area contributed by atoms with Crippen LogP contribution in [0.5, 0.6) is 0 Å². The number of anilines is 2. The van der Waals surface area contributed by atoms with Gasteiger partial charge in [0.05, 0.1) is 61.9 Å². The van der Waals surface area contributed by atoms with Crippen molar-refractivity contribution in [3.8, 4) is 62.2 Å². The highest BCUT2D eigenvalue weighted by molar-refractivity contribution is 6.12. The Hall–Kier alpha value is -10.6. The van der Waals surface area contributed by atoms with Crippen LogP contribution in [-0.4, -0.2) is 19.1 Å². The molecule has 0 saturated carbocycles. The summed E-state index contributed by atoms with van der Waals surface area (Å²) in [7, 11) is 0. The van der Waals surface area contributed by atoms with E-state index in [0.717, 1.165) is 113 Å². The van der Waals surface area contributed by atoms with E-state index in [4.69, 9.17) is 9.97 Å². The topological polar surface area (TPSA) is 71.5 Å². The summed E-state index contributed by atoms with van der Waals surface area (Å²) in [5.74, 6) is 0. The van der Waals surface area contributed by atoms with E-state index < -0.39 is 5.41 Å². The molecule has 0 amide bonds. The summed E-state index contributed by atoms with van der Waals surface area (Å²) >= 11 is 0. The molecule has 10 aromatic carbocycles. The predicted molar refractivity (Wildman–Crippen MR) is 326 cm³/mol. The van der Waals surface area contributed by atoms with Crippen molar-refractivity contribution in [3.63, 3.8) is 0 Å². The fraction of sp³-hybridized carbons (Fsp3) is 0.0405. The average Bonchev–Trinajstić information content (AvgIpc) is 4.31. The van der Waals surface area contributed by atoms with Gasteiger partial charge in [0.25, 0.3) is 0 Å². The van der Waals surface area contributed by atoms with E-state index in [0.29, 0.717) is 5.56 Å². The first-order chi connectivity index (χ1) is 39.5. The van der Waals surface area contributed by atoms with Crippen molar-refractivity contribution in [2.45, 2.75) is 18.8 Å². The lowest BCUT2D eigenvalue weighted by atomic mass is 9.64. The van der Waals surface area contributed by atoms with Gasteiger partial charge in [-0.15, -0.1) is 0 Å². The number of rotatable bonds is 7. The zero-order valence-corrected chi connectivity index (χ0v) is 43.7. The van der Waals surface area contributed by atoms with Crippen molar-refractivity contribution in [1.29, 1.82) is 5.26 Å². The van der Waals surface area contributed by atoms with Crippen LogP contribution in [0.25, 0.3) is 99.8 Å². The largest absolute Gasteiger partial charge is 0.354 e. The molecule has 0 bridgehead atoms. The fourth-order valence-corrected chi connectivity index (χ4v) is 13.6. The number of hydrogen-bond acceptors (Lipinski definition) is 4. The normalized spacial score (nSPS) is 12.8. The molecule has 0 radical (unpaired) electrons. The predicted octanol–water partition coefficient (Wildman–Crippen LogP) is 17.9. The molecule has 0 unspecified atom stereocenters. The number of nitrogens with zero attached hydrogens (tertiary/aromatic N) is 5. The molecule has 0 saturated heterocycles. The number of aryl methyl sites for hydroxylation is 1. The number of benzene rings is 10. The molecule has 1 aliphatic heterocycles. The molecule has 6 heteroatoms. The molecule has 80 heavy (non-hydrogen) atoms. The maximum absolute atomic E-state index is 10.2. The Balaban J connectivity index is 0.883. The standard InChI is InChI=1S/C74H48N6/c1-46-29-30-48(45-75)42-59(46)60-43-50(32-31-49(60)41-47-15-3-2-4-16-47)54-20-11-22-62-70(54)78-71-55(21-12-23-63(71)74(62)64-24-13-39-76-72(64)73-65(74)25-14-40-77-73)51-33-38-69-61(44-51)58-19-7-10-28-68(58)80(69)53-36-34-52(35-37-53)79-66-26-8-5-17-56(66)57-18-6-9-27-67(57)79/h2-40,42-44,78H,41H2,1H3. The second kappa shape index (κ2) is 17.7. The minimum atomic E-state index is -0.756. The minimum absolute atomic E-state index is 0.639. The molecule has 16 rings (SSSR count). The van der Waals surface area contributed by atoms with Crippen LogP contribution in [0.15, 0.2) is 255 Å². The SMILES string of the molecule is Cc1ccc(C#N)cc1-c1cc(-c2cccc3c2Nc2c(-c4ccc5c(c4)c4ccccc4n5-c4ccc(-n5c6ccccc6c6ccccc65)cc4)cccc2C32c3cccnc3-c3ncccc32)ccc1Cc1ccccc1. The van der Waals surface area contributed by atoms with Gasteiger partial charge < -0.3 is 14.5 Å². The van der Waals surface area contributed by atoms with Crippen LogP contribution < -0.4 is 5.32 Å². The number of pyridine rings is 2. The smallest absolute Gasteiger partial charge is 0.0991 e. The van der Waals surface area contributed by atoms with E-state index in [1.807, 2.05) is 24.5 Å². The second-order valence-corrected chi connectivity index (χ2v) is 21.3. The number of nitriles is 1. The first-order valence-corrected chi connectivity index (χ1v) is 27.3. The van der Waals surface area contributed by atoms with Gasteiger partial charge in [0, 0.05) is 56.4 Å². The molecule has 1 aliphatic carbocycles. The zero-order chi connectivity index (χ0) is 53.1. The van der Waals surface area contributed by atoms with Crippen LogP contribution in [0.3, 0.4) is 0 Å². The van der Waals surface area contributed by atoms with Gasteiger partial charge >= 0.3 is 0 Å². The maximum Gasteiger partial charge on any atom is 0.0991 e. The number of fused-ring (bicyclic) bond motifs is 15. The van der Waals surface area contributed by atoms with Gasteiger partial charge in [-0.1, -0.05) is 158 Å². The molecule has 1 N–H and O–H groups in total. The Morgan fingerprint density at radius 3 is 1.52 bits per heavy atom. The van der Waals surface area contributed by atoms with Crippen molar-refractivity contribution in [3.05, 3.63) is 300 Å². The van der Waals surface area contributed by atoms with Gasteiger partial charge in [0.15, 0.2) is 0 Å². The van der Waals surface area contributed by atoms with Gasteiger partial charge in [0.2, 0.25) is 0 Å². The summed E-state index contributed by atoms with van der Waals surface area (Å²) in [6.45, 7) is 2.14. The van der Waals surface area contributed by atoms with E-state index in [-0.39, 0.29) is 0 Å². The highest BCUT2D eigenvalue weighted by Crippen LogP contribution is 2.62. The molecule has 6 nitrogen and oxygen atoms in total. The van der Waals surface area contributed by atoms with Crippen molar-refractivity contribution < 1.29 is 0 Å². The van der Waals surface area contributed by atoms with Gasteiger partial charge in [-0.25, -0.2) is 0 Å². The van der Waals surface area contributed by atoms with Gasteiger partial charge in [-0.3, -0.25) is 9.97 Å². The first-order valence-electron chi connectivity index (χ1n) is 27.3. The third-order valence-electron chi connectivity index (χ3n) is 17.1. The highest BCUT2D eigenvalue weighted by atomic mass is 15.0. The fourth-order valence-electron chi connectivity index (χ4n) is 13.6. The number of para-hydroxylation sites is 5. The summed E-state index contributed by atoms with van der Waals surface area (Å²) < 4.78 is 4.78. The lowest BCUT2D eigenvalue weighted by molar-refractivity contribution is 0.760. The summed E-state index contributed by atoms with van der Waals surface area (Å²) in [6.07, 6.45) is 4.53. The quantitative estimate of drug-likeness (QED) is 0.173. The summed E-state index contributed by atoms with van der Waals surface area (Å²) in [4.78, 5) is 10.2. The number of aromatic nitrogens is 4. The van der Waals surface area contributed by atoms with E-state index in [9.17, 15) is 5.26 Å². The monoisotopic (exact) mass is 1020 g/mol. The number of nitrogens with one attached hydrogen (secondary N) is 1. The lowest BCUT2D eigenvalue weighted by Gasteiger charge is -2.41. The Labute approximate surface area is 462 Å². The van der Waals surface area contributed by atoms with Crippen molar-refractivity contribution in [1.82, 2.24) is 19.1 Å². The van der Waals surface area contributed by atoms with Crippen molar-refractivity contribution >= 4 is 55.0 Å². The Morgan fingerprint density at radius 1 is 0.425 bits per heavy atom. The van der Waals surface area contributed by atoms with Gasteiger partial charge in [-0.2, -0.15) is 5.26 Å². The molecule has 14 aromatic rings. The molecule has 0 fully saturated rings. The van der Waals surface area contributed by atoms with Gasteiger partial charge in [-0.05, 0) is 159 Å². The summed E-state index contributed by atoms with van der Waals surface area (Å²) in [6, 6.07) is 90.3. The third kappa shape index (κ3) is 6.65. The van der Waals surface area contributed by atoms with Crippen LogP contribution in [0.2, 0.25) is 0 Å². The average molecular weight is 1020 g/mol. The minimum Gasteiger partial charge on any atom is -0.354 e. The van der Waals surface area contributed by atoms with Crippen LogP contribution in [0.1, 0.15) is 44.5 Å². The summed E-state index contributed by atoms with van der Waals surface area (Å²) in [5.41, 5.74) is 25.2. The van der Waals surface area contributed by atoms with E-state index in [2.05, 4.69) is 258 Å². The maximum atomic E-state index is 10.2. The van der Waals surface area contributed by atoms with Crippen molar-refractivity contribution in [2.24, 2.45) is 0 Å². The zero-order valence-electron chi connectivity index (χ0n) is 43.7. The molecule has 0 atom stereocenters. The van der Waals surface area contributed by atoms with Crippen LogP contribution in [0, 0.1) is 18.3 Å². The van der Waals surface area contributed by atoms with E-state index in [1.54, 1.807) is 0 Å². The number of hydrogen-bond donors (Lipinski definition) is 1. The highest BCUT2D eigenvalue weighted by Gasteiger charge is 2.52. The van der Waals surface area contributed by atoms with E-state index in [1.165, 1.54) is 43.7 Å².